The lowest BCUT2D eigenvalue weighted by Crippen LogP contribution is -2.49. The van der Waals surface area contributed by atoms with Crippen molar-refractivity contribution in [3.63, 3.8) is 0 Å². The van der Waals surface area contributed by atoms with Crippen LogP contribution < -0.4 is 0 Å². The molecule has 0 amide bonds. The van der Waals surface area contributed by atoms with E-state index < -0.39 is 0 Å². The normalized spacial score (nSPS) is 46.5. The number of aliphatic hydroxyl groups excluding tert-OH is 1. The van der Waals surface area contributed by atoms with Gasteiger partial charge in [-0.05, 0) is 97.7 Å². The van der Waals surface area contributed by atoms with Crippen molar-refractivity contribution in [3.8, 4) is 0 Å². The Kier molecular flexibility index (Phi) is 5.80. The zero-order chi connectivity index (χ0) is 20.1. The summed E-state index contributed by atoms with van der Waals surface area (Å²) in [6.07, 6.45) is 17.2. The van der Waals surface area contributed by atoms with Gasteiger partial charge in [0.15, 0.2) is 0 Å². The van der Waals surface area contributed by atoms with Gasteiger partial charge in [-0.1, -0.05) is 65.5 Å². The van der Waals surface area contributed by atoms with Crippen molar-refractivity contribution in [1.29, 1.82) is 0 Å². The largest absolute Gasteiger partial charge is 0.393 e. The maximum atomic E-state index is 10.2. The van der Waals surface area contributed by atoms with E-state index in [4.69, 9.17) is 0 Å². The highest BCUT2D eigenvalue weighted by Gasteiger charge is 2.57. The van der Waals surface area contributed by atoms with Crippen LogP contribution in [0.1, 0.15) is 105 Å². The Morgan fingerprint density at radius 1 is 1.07 bits per heavy atom. The third-order valence-electron chi connectivity index (χ3n) is 10.1. The predicted molar refractivity (Wildman–Crippen MR) is 119 cm³/mol. The summed E-state index contributed by atoms with van der Waals surface area (Å²) in [7, 11) is 0. The van der Waals surface area contributed by atoms with Gasteiger partial charge in [-0.15, -0.1) is 0 Å². The molecule has 4 aliphatic carbocycles. The first kappa shape index (κ1) is 21.0. The molecule has 1 nitrogen and oxygen atoms in total. The van der Waals surface area contributed by atoms with Crippen LogP contribution in [0.25, 0.3) is 0 Å². The molecule has 0 radical (unpaired) electrons. The molecule has 28 heavy (non-hydrogen) atoms. The maximum Gasteiger partial charge on any atom is 0.0577 e. The van der Waals surface area contributed by atoms with E-state index in [1.807, 2.05) is 0 Å². The summed E-state index contributed by atoms with van der Waals surface area (Å²) in [4.78, 5) is 0. The predicted octanol–water partition coefficient (Wildman–Crippen LogP) is 7.39. The maximum absolute atomic E-state index is 10.2. The molecule has 0 aromatic heterocycles. The first-order valence-electron chi connectivity index (χ1n) is 12.6. The SMILES string of the molecule is CC(C)CCCC(C)C1CC2C3CC=C4CC(O)CCC4(C)C3CCC2(C)C1. The van der Waals surface area contributed by atoms with Gasteiger partial charge in [0.25, 0.3) is 0 Å². The Hall–Kier alpha value is -0.300. The molecule has 0 heterocycles. The molecule has 0 aromatic rings. The van der Waals surface area contributed by atoms with Crippen LogP contribution >= 0.6 is 0 Å². The molecule has 0 aromatic carbocycles. The second-order valence-electron chi connectivity index (χ2n) is 12.4. The van der Waals surface area contributed by atoms with Crippen molar-refractivity contribution in [2.24, 2.45) is 46.3 Å². The first-order valence-corrected chi connectivity index (χ1v) is 12.6. The lowest BCUT2D eigenvalue weighted by atomic mass is 9.48. The molecule has 8 unspecified atom stereocenters. The van der Waals surface area contributed by atoms with E-state index in [0.717, 1.165) is 48.3 Å². The van der Waals surface area contributed by atoms with Gasteiger partial charge in [-0.2, -0.15) is 0 Å². The molecule has 160 valence electrons. The molecular weight excluding hydrogens is 340 g/mol. The fourth-order valence-corrected chi connectivity index (χ4v) is 8.27. The van der Waals surface area contributed by atoms with Crippen molar-refractivity contribution in [2.45, 2.75) is 111 Å². The number of aliphatic hydroxyl groups is 1. The average Bonchev–Trinajstić information content (AvgIpc) is 3.00. The molecule has 0 aliphatic heterocycles. The third-order valence-corrected chi connectivity index (χ3v) is 10.1. The zero-order valence-corrected chi connectivity index (χ0v) is 19.3. The van der Waals surface area contributed by atoms with Gasteiger partial charge in [0, 0.05) is 0 Å². The summed E-state index contributed by atoms with van der Waals surface area (Å²) in [5.41, 5.74) is 2.62. The number of hydrogen-bond donors (Lipinski definition) is 1. The molecule has 1 heteroatoms. The van der Waals surface area contributed by atoms with Gasteiger partial charge in [0.1, 0.15) is 0 Å². The molecular formula is C27H46O. The van der Waals surface area contributed by atoms with Crippen molar-refractivity contribution in [3.05, 3.63) is 11.6 Å². The van der Waals surface area contributed by atoms with Gasteiger partial charge < -0.3 is 5.11 Å². The quantitative estimate of drug-likeness (QED) is 0.488. The minimum absolute atomic E-state index is 0.0766. The molecule has 1 N–H and O–H groups in total. The molecule has 0 saturated heterocycles. The van der Waals surface area contributed by atoms with Crippen LogP contribution in [0.3, 0.4) is 0 Å². The summed E-state index contributed by atoms with van der Waals surface area (Å²) in [5.74, 6) is 5.48. The summed E-state index contributed by atoms with van der Waals surface area (Å²) in [6.45, 7) is 12.5. The number of allylic oxidation sites excluding steroid dienone is 1. The van der Waals surface area contributed by atoms with Crippen LogP contribution in [0.15, 0.2) is 11.6 Å². The highest BCUT2D eigenvalue weighted by molar-refractivity contribution is 5.25. The fraction of sp³-hybridized carbons (Fsp3) is 0.926. The second-order valence-corrected chi connectivity index (χ2v) is 12.4. The minimum Gasteiger partial charge on any atom is -0.393 e. The Labute approximate surface area is 174 Å². The number of rotatable bonds is 5. The van der Waals surface area contributed by atoms with E-state index >= 15 is 0 Å². The van der Waals surface area contributed by atoms with Crippen LogP contribution in [0.5, 0.6) is 0 Å². The monoisotopic (exact) mass is 386 g/mol. The molecule has 3 saturated carbocycles. The average molecular weight is 387 g/mol. The van der Waals surface area contributed by atoms with E-state index in [-0.39, 0.29) is 6.10 Å². The van der Waals surface area contributed by atoms with Gasteiger partial charge in [0.2, 0.25) is 0 Å². The van der Waals surface area contributed by atoms with Gasteiger partial charge in [-0.3, -0.25) is 0 Å². The highest BCUT2D eigenvalue weighted by atomic mass is 16.3. The van der Waals surface area contributed by atoms with E-state index in [0.29, 0.717) is 10.8 Å². The fourth-order valence-electron chi connectivity index (χ4n) is 8.27. The first-order chi connectivity index (χ1) is 13.2. The van der Waals surface area contributed by atoms with Crippen LogP contribution in [-0.4, -0.2) is 11.2 Å². The summed E-state index contributed by atoms with van der Waals surface area (Å²) < 4.78 is 0. The summed E-state index contributed by atoms with van der Waals surface area (Å²) in [5, 5.41) is 10.2. The zero-order valence-electron chi connectivity index (χ0n) is 19.3. The Balaban J connectivity index is 1.47. The smallest absolute Gasteiger partial charge is 0.0577 e. The number of fused-ring (bicyclic) bond motifs is 5. The Morgan fingerprint density at radius 2 is 1.86 bits per heavy atom. The van der Waals surface area contributed by atoms with Gasteiger partial charge in [-0.25, -0.2) is 0 Å². The Morgan fingerprint density at radius 3 is 2.61 bits per heavy atom. The number of hydrogen-bond acceptors (Lipinski definition) is 1. The summed E-state index contributed by atoms with van der Waals surface area (Å²) >= 11 is 0. The van der Waals surface area contributed by atoms with E-state index in [1.165, 1.54) is 57.8 Å². The van der Waals surface area contributed by atoms with E-state index in [1.54, 1.807) is 5.57 Å². The standard InChI is InChI=1S/C27H46O/c1-18(2)7-6-8-19(3)20-15-25-23-10-9-21-16-22(28)11-14-27(21,5)24(23)12-13-26(25,4)17-20/h9,18-20,22-25,28H,6-8,10-17H2,1-5H3. The minimum atomic E-state index is -0.0766. The Bertz CT molecular complexity index is 591. The van der Waals surface area contributed by atoms with Crippen LogP contribution in [0.4, 0.5) is 0 Å². The van der Waals surface area contributed by atoms with E-state index in [9.17, 15) is 5.11 Å². The highest BCUT2D eigenvalue weighted by Crippen LogP contribution is 2.66. The van der Waals surface area contributed by atoms with Crippen molar-refractivity contribution in [1.82, 2.24) is 0 Å². The topological polar surface area (TPSA) is 20.2 Å². The lowest BCUT2D eigenvalue weighted by molar-refractivity contribution is -0.0360. The second kappa shape index (κ2) is 7.75. The molecule has 0 spiro atoms. The summed E-state index contributed by atoms with van der Waals surface area (Å²) in [6, 6.07) is 0. The molecule has 8 atom stereocenters. The lowest BCUT2D eigenvalue weighted by Gasteiger charge is -2.57. The molecule has 0 bridgehead atoms. The van der Waals surface area contributed by atoms with Crippen molar-refractivity contribution < 1.29 is 5.11 Å². The van der Waals surface area contributed by atoms with Crippen LogP contribution in [-0.2, 0) is 0 Å². The van der Waals surface area contributed by atoms with Crippen LogP contribution in [0.2, 0.25) is 0 Å². The molecule has 4 rings (SSSR count). The molecule has 4 aliphatic rings. The van der Waals surface area contributed by atoms with Crippen molar-refractivity contribution in [2.75, 3.05) is 0 Å². The van der Waals surface area contributed by atoms with E-state index in [2.05, 4.69) is 40.7 Å². The van der Waals surface area contributed by atoms with Crippen LogP contribution in [0, 0.1) is 46.3 Å². The van der Waals surface area contributed by atoms with Crippen molar-refractivity contribution >= 4 is 0 Å². The molecule has 3 fully saturated rings. The third kappa shape index (κ3) is 3.63. The van der Waals surface area contributed by atoms with Gasteiger partial charge >= 0.3 is 0 Å². The van der Waals surface area contributed by atoms with Gasteiger partial charge in [0.05, 0.1) is 6.10 Å².